The molecule has 25 heavy (non-hydrogen) atoms. The van der Waals surface area contributed by atoms with Crippen molar-refractivity contribution in [2.45, 2.75) is 11.8 Å². The third-order valence-corrected chi connectivity index (χ3v) is 4.50. The normalized spacial score (nSPS) is 16.0. The van der Waals surface area contributed by atoms with Gasteiger partial charge in [-0.15, -0.1) is 0 Å². The lowest BCUT2D eigenvalue weighted by Crippen LogP contribution is -2.52. The summed E-state index contributed by atoms with van der Waals surface area (Å²) in [6.45, 7) is 1.38. The summed E-state index contributed by atoms with van der Waals surface area (Å²) < 4.78 is 63.4. The number of benzene rings is 1. The van der Waals surface area contributed by atoms with E-state index in [4.69, 9.17) is 4.55 Å². The second kappa shape index (κ2) is 7.07. The Hall–Kier alpha value is -2.03. The van der Waals surface area contributed by atoms with Crippen LogP contribution in [-0.4, -0.2) is 49.3 Å². The van der Waals surface area contributed by atoms with Gasteiger partial charge in [0.15, 0.2) is 0 Å². The molecule has 0 fully saturated rings. The highest BCUT2D eigenvalue weighted by atomic mass is 32.2. The molecule has 0 atom stereocenters. The molecule has 0 saturated carbocycles. The maximum Gasteiger partial charge on any atom is 0.296 e. The number of carbonyl (C=O) groups excluding carboxylic acids is 1. The van der Waals surface area contributed by atoms with Gasteiger partial charge in [-0.05, 0) is 18.2 Å². The van der Waals surface area contributed by atoms with Crippen LogP contribution in [0.15, 0.2) is 35.4 Å². The van der Waals surface area contributed by atoms with Crippen molar-refractivity contribution in [3.63, 3.8) is 0 Å². The molecule has 0 aliphatic carbocycles. The number of anilines is 2. The summed E-state index contributed by atoms with van der Waals surface area (Å²) in [5.74, 6) is -1.14. The minimum atomic E-state index is -4.60. The molecule has 1 aliphatic heterocycles. The molecule has 0 spiro atoms. The number of hydrogen-bond acceptors (Lipinski definition) is 8. The van der Waals surface area contributed by atoms with Gasteiger partial charge in [-0.25, -0.2) is 5.01 Å². The van der Waals surface area contributed by atoms with Crippen LogP contribution in [0.25, 0.3) is 0 Å². The molecule has 1 amide bonds. The quantitative estimate of drug-likeness (QED) is 0.494. The molecule has 1 aromatic rings. The molecule has 0 radical (unpaired) electrons. The molecule has 4 N–H and O–H groups in total. The fourth-order valence-electron chi connectivity index (χ4n) is 2.12. The van der Waals surface area contributed by atoms with Crippen molar-refractivity contribution < 1.29 is 30.7 Å². The highest BCUT2D eigenvalue weighted by Crippen LogP contribution is 2.29. The van der Waals surface area contributed by atoms with Crippen molar-refractivity contribution in [2.75, 3.05) is 22.7 Å². The van der Waals surface area contributed by atoms with Crippen molar-refractivity contribution in [3.05, 3.63) is 30.5 Å². The number of nitrogens with one attached hydrogen (secondary N) is 2. The fourth-order valence-corrected chi connectivity index (χ4v) is 3.34. The predicted molar refractivity (Wildman–Crippen MR) is 88.4 cm³/mol. The summed E-state index contributed by atoms with van der Waals surface area (Å²) in [6, 6.07) is 3.66. The van der Waals surface area contributed by atoms with Gasteiger partial charge in [-0.3, -0.25) is 18.9 Å². The monoisotopic (exact) mass is 392 g/mol. The zero-order valence-electron chi connectivity index (χ0n) is 12.9. The van der Waals surface area contributed by atoms with Crippen LogP contribution < -0.4 is 15.9 Å². The number of amides is 1. The van der Waals surface area contributed by atoms with E-state index in [9.17, 15) is 26.2 Å². The largest absolute Gasteiger partial charge is 0.326 e. The molecular weight excluding hydrogens is 376 g/mol. The lowest BCUT2D eigenvalue weighted by atomic mass is 10.2. The summed E-state index contributed by atoms with van der Waals surface area (Å²) in [5.41, 5.74) is 2.77. The Morgan fingerprint density at radius 3 is 2.52 bits per heavy atom. The number of carbonyl (C=O) groups is 1. The van der Waals surface area contributed by atoms with E-state index in [1.165, 1.54) is 31.3 Å². The minimum absolute atomic E-state index is 0.0648. The van der Waals surface area contributed by atoms with Gasteiger partial charge in [0.2, 0.25) is 5.91 Å². The lowest BCUT2D eigenvalue weighted by molar-refractivity contribution is -0.114. The maximum absolute atomic E-state index is 11.6. The average Bonchev–Trinajstić information content (AvgIpc) is 2.43. The summed E-state index contributed by atoms with van der Waals surface area (Å²) in [4.78, 5) is 10.7. The molecule has 11 nitrogen and oxygen atoms in total. The molecule has 2 rings (SSSR count). The van der Waals surface area contributed by atoms with Crippen molar-refractivity contribution in [3.8, 4) is 0 Å². The van der Waals surface area contributed by atoms with Gasteiger partial charge in [-0.2, -0.15) is 22.4 Å². The Labute approximate surface area is 144 Å². The van der Waals surface area contributed by atoms with Crippen molar-refractivity contribution in [1.82, 2.24) is 10.5 Å². The number of nitrogens with zero attached hydrogens (tertiary/aromatic N) is 2. The van der Waals surface area contributed by atoms with E-state index in [1.54, 1.807) is 0 Å². The van der Waals surface area contributed by atoms with Crippen molar-refractivity contribution >= 4 is 37.5 Å². The lowest BCUT2D eigenvalue weighted by Gasteiger charge is -2.33. The molecule has 0 aromatic heterocycles. The fraction of sp³-hybridized carbons (Fsp3) is 0.250. The van der Waals surface area contributed by atoms with E-state index >= 15 is 0 Å². The first-order valence-corrected chi connectivity index (χ1v) is 9.82. The Balaban J connectivity index is 2.42. The first-order valence-electron chi connectivity index (χ1n) is 6.77. The van der Waals surface area contributed by atoms with E-state index in [0.717, 1.165) is 16.1 Å². The summed E-state index contributed by atoms with van der Waals surface area (Å²) in [5, 5.41) is 4.69. The Bertz CT molecular complexity index is 911. The summed E-state index contributed by atoms with van der Waals surface area (Å²) in [7, 11) is -8.91. The number of hydrazine groups is 2. The molecule has 13 heteroatoms. The zero-order valence-corrected chi connectivity index (χ0v) is 14.6. The molecule has 1 heterocycles. The second-order valence-electron chi connectivity index (χ2n) is 5.13. The molecule has 0 saturated heterocycles. The predicted octanol–water partition coefficient (Wildman–Crippen LogP) is -0.208. The third-order valence-electron chi connectivity index (χ3n) is 2.97. The Morgan fingerprint density at radius 1 is 1.28 bits per heavy atom. The SMILES string of the molecule is CC(=O)Nc1ccc(S(=O)(=O)O)c(N2C=CCN(CS(=O)(=O)O)N2)c1. The van der Waals surface area contributed by atoms with Gasteiger partial charge >= 0.3 is 0 Å². The van der Waals surface area contributed by atoms with E-state index in [-0.39, 0.29) is 23.8 Å². The zero-order chi connectivity index (χ0) is 18.8. The van der Waals surface area contributed by atoms with Gasteiger partial charge in [0.25, 0.3) is 20.2 Å². The summed E-state index contributed by atoms with van der Waals surface area (Å²) in [6.07, 6.45) is 2.91. The van der Waals surface area contributed by atoms with E-state index in [2.05, 4.69) is 10.9 Å². The highest BCUT2D eigenvalue weighted by Gasteiger charge is 2.24. The Kier molecular flexibility index (Phi) is 5.46. The van der Waals surface area contributed by atoms with Crippen LogP contribution in [0.4, 0.5) is 11.4 Å². The molecule has 0 unspecified atom stereocenters. The van der Waals surface area contributed by atoms with Crippen LogP contribution in [0.1, 0.15) is 6.92 Å². The molecule has 0 bridgehead atoms. The molecule has 138 valence electrons. The Morgan fingerprint density at radius 2 is 1.96 bits per heavy atom. The van der Waals surface area contributed by atoms with E-state index < -0.39 is 31.0 Å². The third kappa shape index (κ3) is 5.48. The average molecular weight is 392 g/mol. The van der Waals surface area contributed by atoms with Gasteiger partial charge in [0.1, 0.15) is 10.8 Å². The van der Waals surface area contributed by atoms with Crippen LogP contribution in [0.5, 0.6) is 0 Å². The number of hydrogen-bond donors (Lipinski definition) is 4. The van der Waals surface area contributed by atoms with Gasteiger partial charge in [0, 0.05) is 25.4 Å². The van der Waals surface area contributed by atoms with Crippen LogP contribution in [0.2, 0.25) is 0 Å². The van der Waals surface area contributed by atoms with Crippen LogP contribution >= 0.6 is 0 Å². The first kappa shape index (κ1) is 19.3. The number of rotatable bonds is 5. The van der Waals surface area contributed by atoms with E-state index in [0.29, 0.717) is 0 Å². The smallest absolute Gasteiger partial charge is 0.296 e. The topological polar surface area (TPSA) is 156 Å². The van der Waals surface area contributed by atoms with Gasteiger partial charge < -0.3 is 5.32 Å². The maximum atomic E-state index is 11.6. The van der Waals surface area contributed by atoms with Crippen molar-refractivity contribution in [2.24, 2.45) is 0 Å². The molecule has 1 aromatic carbocycles. The van der Waals surface area contributed by atoms with Crippen molar-refractivity contribution in [1.29, 1.82) is 0 Å². The first-order chi connectivity index (χ1) is 11.5. The second-order valence-corrected chi connectivity index (χ2v) is 7.94. The minimum Gasteiger partial charge on any atom is -0.326 e. The standard InChI is InChI=1S/C12H16N4O7S2/c1-9(17)13-10-3-4-12(25(21,22)23)11(7-10)16-6-2-5-15(14-16)8-24(18,19)20/h2-4,6-7,14H,5,8H2,1H3,(H,13,17)(H,18,19,20)(H,21,22,23). The van der Waals surface area contributed by atoms with E-state index in [1.807, 2.05) is 0 Å². The highest BCUT2D eigenvalue weighted by molar-refractivity contribution is 7.86. The van der Waals surface area contributed by atoms with Gasteiger partial charge in [-0.1, -0.05) is 6.08 Å². The molecule has 1 aliphatic rings. The molecular formula is C12H16N4O7S2. The summed E-state index contributed by atoms with van der Waals surface area (Å²) >= 11 is 0. The van der Waals surface area contributed by atoms with Crippen LogP contribution in [0.3, 0.4) is 0 Å². The van der Waals surface area contributed by atoms with Crippen LogP contribution in [0, 0.1) is 0 Å². The van der Waals surface area contributed by atoms with Gasteiger partial charge in [0.05, 0.1) is 5.69 Å². The van der Waals surface area contributed by atoms with Crippen LogP contribution in [-0.2, 0) is 25.0 Å².